The standard InChI is InChI=1S/C15H20FN3O2/c1-10-7-14(19(18-10)5-6-20)12(9-17)11-3-4-15(21-2)13(16)8-11/h3-4,7-8,12,20H,5-6,9,17H2,1-2H3. The van der Waals surface area contributed by atoms with Crippen molar-refractivity contribution in [3.8, 4) is 5.75 Å². The molecule has 2 aromatic rings. The molecule has 1 unspecified atom stereocenters. The van der Waals surface area contributed by atoms with Gasteiger partial charge >= 0.3 is 0 Å². The Morgan fingerprint density at radius 2 is 2.19 bits per heavy atom. The summed E-state index contributed by atoms with van der Waals surface area (Å²) < 4.78 is 20.5. The summed E-state index contributed by atoms with van der Waals surface area (Å²) in [6.07, 6.45) is 0. The Balaban J connectivity index is 2.41. The normalized spacial score (nSPS) is 12.4. The van der Waals surface area contributed by atoms with E-state index in [1.807, 2.05) is 13.0 Å². The average molecular weight is 293 g/mol. The second-order valence-electron chi connectivity index (χ2n) is 4.84. The van der Waals surface area contributed by atoms with Crippen LogP contribution >= 0.6 is 0 Å². The number of aliphatic hydroxyl groups is 1. The first kappa shape index (κ1) is 15.5. The van der Waals surface area contributed by atoms with Gasteiger partial charge in [0.2, 0.25) is 0 Å². The topological polar surface area (TPSA) is 73.3 Å². The van der Waals surface area contributed by atoms with Gasteiger partial charge in [-0.15, -0.1) is 0 Å². The Bertz CT molecular complexity index is 613. The molecule has 0 spiro atoms. The average Bonchev–Trinajstić information content (AvgIpc) is 2.81. The lowest BCUT2D eigenvalue weighted by Gasteiger charge is -2.17. The number of hydrogen-bond acceptors (Lipinski definition) is 4. The van der Waals surface area contributed by atoms with Crippen LogP contribution in [0.2, 0.25) is 0 Å². The molecule has 0 saturated heterocycles. The summed E-state index contributed by atoms with van der Waals surface area (Å²) in [6, 6.07) is 6.73. The number of halogens is 1. The maximum absolute atomic E-state index is 13.9. The van der Waals surface area contributed by atoms with E-state index in [0.29, 0.717) is 13.1 Å². The molecule has 1 heterocycles. The van der Waals surface area contributed by atoms with Gasteiger partial charge in [0.1, 0.15) is 0 Å². The minimum Gasteiger partial charge on any atom is -0.494 e. The van der Waals surface area contributed by atoms with Crippen LogP contribution in [-0.2, 0) is 6.54 Å². The van der Waals surface area contributed by atoms with E-state index in [0.717, 1.165) is 17.0 Å². The van der Waals surface area contributed by atoms with Crippen LogP contribution in [0.4, 0.5) is 4.39 Å². The van der Waals surface area contributed by atoms with E-state index in [-0.39, 0.29) is 18.3 Å². The number of aromatic nitrogens is 2. The van der Waals surface area contributed by atoms with E-state index in [4.69, 9.17) is 15.6 Å². The minimum absolute atomic E-state index is 0.0115. The van der Waals surface area contributed by atoms with Crippen molar-refractivity contribution in [2.24, 2.45) is 5.73 Å². The van der Waals surface area contributed by atoms with Crippen molar-refractivity contribution in [1.29, 1.82) is 0 Å². The molecule has 0 radical (unpaired) electrons. The quantitative estimate of drug-likeness (QED) is 0.845. The van der Waals surface area contributed by atoms with Crippen molar-refractivity contribution in [2.45, 2.75) is 19.4 Å². The lowest BCUT2D eigenvalue weighted by Crippen LogP contribution is -2.19. The number of hydrogen-bond donors (Lipinski definition) is 2. The van der Waals surface area contributed by atoms with Gasteiger partial charge in [-0.3, -0.25) is 4.68 Å². The zero-order valence-electron chi connectivity index (χ0n) is 12.2. The van der Waals surface area contributed by atoms with E-state index in [1.54, 1.807) is 16.8 Å². The van der Waals surface area contributed by atoms with Gasteiger partial charge in [-0.05, 0) is 30.7 Å². The first-order chi connectivity index (χ1) is 10.1. The van der Waals surface area contributed by atoms with E-state index in [1.165, 1.54) is 13.2 Å². The van der Waals surface area contributed by atoms with Gasteiger partial charge in [0.15, 0.2) is 11.6 Å². The third-order valence-electron chi connectivity index (χ3n) is 3.42. The van der Waals surface area contributed by atoms with Gasteiger partial charge in [-0.25, -0.2) is 4.39 Å². The van der Waals surface area contributed by atoms with Gasteiger partial charge in [0, 0.05) is 18.2 Å². The molecular weight excluding hydrogens is 273 g/mol. The van der Waals surface area contributed by atoms with Crippen molar-refractivity contribution < 1.29 is 14.2 Å². The fourth-order valence-electron chi connectivity index (χ4n) is 2.45. The molecule has 5 nitrogen and oxygen atoms in total. The van der Waals surface area contributed by atoms with Crippen LogP contribution in [0, 0.1) is 12.7 Å². The van der Waals surface area contributed by atoms with Crippen LogP contribution in [0.1, 0.15) is 22.9 Å². The fraction of sp³-hybridized carbons (Fsp3) is 0.400. The molecule has 0 saturated carbocycles. The van der Waals surface area contributed by atoms with Crippen LogP contribution in [0.25, 0.3) is 0 Å². The predicted octanol–water partition coefficient (Wildman–Crippen LogP) is 1.42. The first-order valence-electron chi connectivity index (χ1n) is 6.79. The third kappa shape index (κ3) is 3.22. The summed E-state index contributed by atoms with van der Waals surface area (Å²) >= 11 is 0. The molecule has 0 aliphatic rings. The van der Waals surface area contributed by atoms with Crippen molar-refractivity contribution >= 4 is 0 Å². The Morgan fingerprint density at radius 3 is 2.76 bits per heavy atom. The molecule has 0 aliphatic heterocycles. The second kappa shape index (κ2) is 6.69. The zero-order valence-corrected chi connectivity index (χ0v) is 12.2. The van der Waals surface area contributed by atoms with Crippen LogP contribution in [-0.4, -0.2) is 35.1 Å². The SMILES string of the molecule is COc1ccc(C(CN)c2cc(C)nn2CCO)cc1F. The molecule has 114 valence electrons. The summed E-state index contributed by atoms with van der Waals surface area (Å²) in [5.74, 6) is -0.397. The molecule has 6 heteroatoms. The molecule has 0 bridgehead atoms. The minimum atomic E-state index is -0.418. The Hall–Kier alpha value is -1.92. The number of aliphatic hydroxyl groups excluding tert-OH is 1. The van der Waals surface area contributed by atoms with Gasteiger partial charge in [-0.2, -0.15) is 5.10 Å². The molecule has 0 fully saturated rings. The monoisotopic (exact) mass is 293 g/mol. The maximum atomic E-state index is 13.9. The second-order valence-corrected chi connectivity index (χ2v) is 4.84. The summed E-state index contributed by atoms with van der Waals surface area (Å²) in [4.78, 5) is 0. The molecule has 1 aromatic carbocycles. The maximum Gasteiger partial charge on any atom is 0.165 e. The molecular formula is C15H20FN3O2. The molecule has 2 rings (SSSR count). The summed E-state index contributed by atoms with van der Waals surface area (Å²) in [5.41, 5.74) is 8.34. The van der Waals surface area contributed by atoms with Crippen LogP contribution < -0.4 is 10.5 Å². The van der Waals surface area contributed by atoms with E-state index in [9.17, 15) is 4.39 Å². The number of benzene rings is 1. The lowest BCUT2D eigenvalue weighted by molar-refractivity contribution is 0.266. The highest BCUT2D eigenvalue weighted by molar-refractivity contribution is 5.36. The van der Waals surface area contributed by atoms with E-state index < -0.39 is 5.82 Å². The first-order valence-corrected chi connectivity index (χ1v) is 6.79. The van der Waals surface area contributed by atoms with Gasteiger partial charge < -0.3 is 15.6 Å². The Labute approximate surface area is 123 Å². The van der Waals surface area contributed by atoms with Crippen LogP contribution in [0.15, 0.2) is 24.3 Å². The van der Waals surface area contributed by atoms with Crippen LogP contribution in [0.5, 0.6) is 5.75 Å². The van der Waals surface area contributed by atoms with Gasteiger partial charge in [-0.1, -0.05) is 6.07 Å². The molecule has 3 N–H and O–H groups in total. The number of nitrogens with two attached hydrogens (primary N) is 1. The number of ether oxygens (including phenoxy) is 1. The van der Waals surface area contributed by atoms with Crippen molar-refractivity contribution in [3.05, 3.63) is 47.0 Å². The number of rotatable bonds is 6. The van der Waals surface area contributed by atoms with E-state index in [2.05, 4.69) is 5.10 Å². The molecule has 21 heavy (non-hydrogen) atoms. The highest BCUT2D eigenvalue weighted by Gasteiger charge is 2.19. The zero-order chi connectivity index (χ0) is 15.4. The summed E-state index contributed by atoms with van der Waals surface area (Å²) in [7, 11) is 1.43. The number of nitrogens with zero attached hydrogens (tertiary/aromatic N) is 2. The van der Waals surface area contributed by atoms with Crippen molar-refractivity contribution in [2.75, 3.05) is 20.3 Å². The Kier molecular flexibility index (Phi) is 4.93. The highest BCUT2D eigenvalue weighted by Crippen LogP contribution is 2.28. The Morgan fingerprint density at radius 1 is 1.43 bits per heavy atom. The smallest absolute Gasteiger partial charge is 0.165 e. The summed E-state index contributed by atoms with van der Waals surface area (Å²) in [5, 5.41) is 13.5. The number of methoxy groups -OCH3 is 1. The highest BCUT2D eigenvalue weighted by atomic mass is 19.1. The number of aryl methyl sites for hydroxylation is 1. The van der Waals surface area contributed by atoms with Gasteiger partial charge in [0.25, 0.3) is 0 Å². The van der Waals surface area contributed by atoms with Gasteiger partial charge in [0.05, 0.1) is 26.0 Å². The molecule has 0 aliphatic carbocycles. The largest absolute Gasteiger partial charge is 0.494 e. The van der Waals surface area contributed by atoms with Crippen LogP contribution in [0.3, 0.4) is 0 Å². The van der Waals surface area contributed by atoms with E-state index >= 15 is 0 Å². The molecule has 0 amide bonds. The summed E-state index contributed by atoms with van der Waals surface area (Å²) in [6.45, 7) is 2.57. The molecule has 1 aromatic heterocycles. The third-order valence-corrected chi connectivity index (χ3v) is 3.42. The molecule has 1 atom stereocenters. The van der Waals surface area contributed by atoms with Crippen molar-refractivity contribution in [3.63, 3.8) is 0 Å². The lowest BCUT2D eigenvalue weighted by atomic mass is 9.95. The fourth-order valence-corrected chi connectivity index (χ4v) is 2.45. The van der Waals surface area contributed by atoms with Crippen molar-refractivity contribution in [1.82, 2.24) is 9.78 Å². The predicted molar refractivity (Wildman–Crippen MR) is 77.9 cm³/mol.